The first-order valence-corrected chi connectivity index (χ1v) is 23.3. The summed E-state index contributed by atoms with van der Waals surface area (Å²) in [5.74, 6) is 0.512. The SMILES string of the molecule is O=C(NCc1cccc(F)c1)O[C@@H]1[C@@H](O)CN[C@@H]1Cc1ccc(-c2ccc3nc(C4NCC4c4cccc(CNC(=O)O[C@@H]5[C@@H](O)CN[C@@H]5Cc5ccc(-c6cnco6)cc5)c4)sc3c2)cc1. The van der Waals surface area contributed by atoms with E-state index in [1.807, 2.05) is 36.4 Å². The molecule has 2 aromatic heterocycles. The van der Waals surface area contributed by atoms with Gasteiger partial charge in [0, 0.05) is 44.2 Å². The number of aliphatic hydroxyl groups excluding tert-OH is 2. The lowest BCUT2D eigenvalue weighted by Gasteiger charge is -2.37. The molecule has 16 heteroatoms. The number of ether oxygens (including phenoxy) is 2. The molecule has 0 radical (unpaired) electrons. The molecule has 7 N–H and O–H groups in total. The molecule has 3 aliphatic rings. The van der Waals surface area contributed by atoms with E-state index in [1.54, 1.807) is 29.7 Å². The molecular formula is C51H50FN7O7S. The quantitative estimate of drug-likeness (QED) is 0.0626. The van der Waals surface area contributed by atoms with Crippen molar-refractivity contribution in [2.24, 2.45) is 0 Å². The molecule has 3 saturated heterocycles. The maximum Gasteiger partial charge on any atom is 0.407 e. The summed E-state index contributed by atoms with van der Waals surface area (Å²) < 4.78 is 31.5. The van der Waals surface area contributed by atoms with Crippen LogP contribution in [0.15, 0.2) is 132 Å². The van der Waals surface area contributed by atoms with E-state index in [4.69, 9.17) is 18.9 Å². The highest BCUT2D eigenvalue weighted by atomic mass is 32.1. The average Bonchev–Trinajstić information content (AvgIpc) is 4.15. The predicted octanol–water partition coefficient (Wildman–Crippen LogP) is 6.53. The lowest BCUT2D eigenvalue weighted by molar-refractivity contribution is 0.0187. The van der Waals surface area contributed by atoms with Crippen molar-refractivity contribution in [1.82, 2.24) is 36.6 Å². The first kappa shape index (κ1) is 44.3. The molecule has 0 bridgehead atoms. The maximum atomic E-state index is 13.5. The number of carbonyl (C=O) groups excluding carboxylic acids is 2. The third-order valence-corrected chi connectivity index (χ3v) is 14.0. The van der Waals surface area contributed by atoms with Gasteiger partial charge in [0.2, 0.25) is 0 Å². The smallest absolute Gasteiger partial charge is 0.407 e. The van der Waals surface area contributed by atoms with Crippen molar-refractivity contribution >= 4 is 33.7 Å². The number of fused-ring (bicyclic) bond motifs is 1. The van der Waals surface area contributed by atoms with Crippen LogP contribution in [0.2, 0.25) is 0 Å². The highest BCUT2D eigenvalue weighted by Crippen LogP contribution is 2.41. The summed E-state index contributed by atoms with van der Waals surface area (Å²) in [4.78, 5) is 34.7. The maximum absolute atomic E-state index is 13.5. The summed E-state index contributed by atoms with van der Waals surface area (Å²) in [5.41, 5.74) is 8.76. The monoisotopic (exact) mass is 923 g/mol. The number of rotatable bonds is 14. The summed E-state index contributed by atoms with van der Waals surface area (Å²) in [7, 11) is 0. The Bertz CT molecular complexity index is 2830. The van der Waals surface area contributed by atoms with Crippen LogP contribution in [0.5, 0.6) is 0 Å². The number of benzene rings is 5. The fourth-order valence-corrected chi connectivity index (χ4v) is 10.3. The van der Waals surface area contributed by atoms with Crippen LogP contribution in [-0.4, -0.2) is 88.5 Å². The van der Waals surface area contributed by atoms with Crippen LogP contribution in [-0.2, 0) is 35.4 Å². The van der Waals surface area contributed by atoms with Crippen molar-refractivity contribution in [1.29, 1.82) is 0 Å². The highest BCUT2D eigenvalue weighted by Gasteiger charge is 2.39. The van der Waals surface area contributed by atoms with E-state index in [0.29, 0.717) is 37.3 Å². The van der Waals surface area contributed by atoms with Gasteiger partial charge in [-0.15, -0.1) is 11.3 Å². The second-order valence-corrected chi connectivity index (χ2v) is 18.4. The van der Waals surface area contributed by atoms with Gasteiger partial charge in [-0.05, 0) is 76.1 Å². The first-order chi connectivity index (χ1) is 32.7. The van der Waals surface area contributed by atoms with Gasteiger partial charge in [0.15, 0.2) is 12.2 Å². The number of oxazole rings is 1. The molecule has 2 amide bonds. The van der Waals surface area contributed by atoms with E-state index >= 15 is 0 Å². The molecule has 5 aromatic carbocycles. The Labute approximate surface area is 390 Å². The van der Waals surface area contributed by atoms with Crippen LogP contribution in [0.25, 0.3) is 32.7 Å². The van der Waals surface area contributed by atoms with Crippen molar-refractivity contribution < 1.29 is 38.1 Å². The van der Waals surface area contributed by atoms with Gasteiger partial charge in [0.25, 0.3) is 0 Å². The molecule has 3 aliphatic heterocycles. The van der Waals surface area contributed by atoms with Gasteiger partial charge < -0.3 is 50.7 Å². The minimum atomic E-state index is -0.851. The number of hydrogen-bond acceptors (Lipinski definition) is 13. The van der Waals surface area contributed by atoms with E-state index in [1.165, 1.54) is 18.5 Å². The van der Waals surface area contributed by atoms with Crippen molar-refractivity contribution in [3.63, 3.8) is 0 Å². The van der Waals surface area contributed by atoms with Gasteiger partial charge in [-0.1, -0.05) is 91.0 Å². The Balaban J connectivity index is 0.719. The van der Waals surface area contributed by atoms with Gasteiger partial charge in [0.1, 0.15) is 35.2 Å². The van der Waals surface area contributed by atoms with Gasteiger partial charge >= 0.3 is 12.2 Å². The Hall–Kier alpha value is -6.53. The number of aromatic nitrogens is 2. The third kappa shape index (κ3) is 10.2. The predicted molar refractivity (Wildman–Crippen MR) is 251 cm³/mol. The number of amides is 2. The number of aliphatic hydroxyl groups is 2. The molecule has 7 aromatic rings. The molecule has 0 spiro atoms. The molecule has 8 atom stereocenters. The summed E-state index contributed by atoms with van der Waals surface area (Å²) >= 11 is 1.68. The molecule has 344 valence electrons. The lowest BCUT2D eigenvalue weighted by atomic mass is 9.84. The Morgan fingerprint density at radius 1 is 0.701 bits per heavy atom. The summed E-state index contributed by atoms with van der Waals surface area (Å²) in [5, 5.41) is 38.0. The van der Waals surface area contributed by atoms with Crippen LogP contribution >= 0.6 is 11.3 Å². The Kier molecular flexibility index (Phi) is 13.1. The van der Waals surface area contributed by atoms with E-state index in [0.717, 1.165) is 60.7 Å². The van der Waals surface area contributed by atoms with Crippen LogP contribution < -0.4 is 26.6 Å². The molecule has 3 fully saturated rings. The number of carbonyl (C=O) groups is 2. The normalized spacial score (nSPS) is 23.4. The molecule has 67 heavy (non-hydrogen) atoms. The number of halogens is 1. The fourth-order valence-electron chi connectivity index (χ4n) is 9.19. The first-order valence-electron chi connectivity index (χ1n) is 22.5. The van der Waals surface area contributed by atoms with Crippen LogP contribution in [0.4, 0.5) is 14.0 Å². The summed E-state index contributed by atoms with van der Waals surface area (Å²) in [6.07, 6.45) is -0.175. The Morgan fingerprint density at radius 3 is 1.91 bits per heavy atom. The van der Waals surface area contributed by atoms with E-state index in [-0.39, 0.29) is 43.0 Å². The van der Waals surface area contributed by atoms with Gasteiger partial charge in [-0.25, -0.2) is 23.9 Å². The minimum Gasteiger partial charge on any atom is -0.444 e. The number of alkyl carbamates (subject to hydrolysis) is 2. The Morgan fingerprint density at radius 2 is 1.31 bits per heavy atom. The van der Waals surface area contributed by atoms with Gasteiger partial charge in [-0.3, -0.25) is 0 Å². The summed E-state index contributed by atoms with van der Waals surface area (Å²) in [6, 6.07) is 36.2. The van der Waals surface area contributed by atoms with Crippen molar-refractivity contribution in [3.8, 4) is 22.5 Å². The van der Waals surface area contributed by atoms with Crippen LogP contribution in [0.3, 0.4) is 0 Å². The number of nitrogens with one attached hydrogen (secondary N) is 5. The third-order valence-electron chi connectivity index (χ3n) is 12.9. The molecular weight excluding hydrogens is 874 g/mol. The zero-order valence-electron chi connectivity index (χ0n) is 36.3. The topological polar surface area (TPSA) is 192 Å². The molecule has 0 aliphatic carbocycles. The van der Waals surface area contributed by atoms with E-state index in [9.17, 15) is 24.2 Å². The molecule has 14 nitrogen and oxygen atoms in total. The van der Waals surface area contributed by atoms with Crippen LogP contribution in [0.1, 0.15) is 44.8 Å². The number of nitrogens with zero attached hydrogens (tertiary/aromatic N) is 2. The highest BCUT2D eigenvalue weighted by molar-refractivity contribution is 7.18. The molecule has 10 rings (SSSR count). The molecule has 0 saturated carbocycles. The molecule has 2 unspecified atom stereocenters. The second-order valence-electron chi connectivity index (χ2n) is 17.4. The van der Waals surface area contributed by atoms with E-state index < -0.39 is 36.6 Å². The summed E-state index contributed by atoms with van der Waals surface area (Å²) in [6.45, 7) is 1.83. The van der Waals surface area contributed by atoms with E-state index in [2.05, 4.69) is 86.2 Å². The zero-order valence-corrected chi connectivity index (χ0v) is 37.1. The zero-order chi connectivity index (χ0) is 45.9. The number of β-amino-alcohol motifs (C(OH)–C–C–N with tert-alkyl or cyclic N) is 2. The van der Waals surface area contributed by atoms with Crippen LogP contribution in [0, 0.1) is 5.82 Å². The van der Waals surface area contributed by atoms with Gasteiger partial charge in [-0.2, -0.15) is 0 Å². The van der Waals surface area contributed by atoms with Crippen molar-refractivity contribution in [3.05, 3.63) is 166 Å². The largest absolute Gasteiger partial charge is 0.444 e. The van der Waals surface area contributed by atoms with Crippen molar-refractivity contribution in [2.45, 2.75) is 74.4 Å². The number of thiazole rings is 1. The molecule has 5 heterocycles. The second kappa shape index (κ2) is 19.7. The lowest BCUT2D eigenvalue weighted by Crippen LogP contribution is -2.43. The number of hydrogen-bond donors (Lipinski definition) is 7. The van der Waals surface area contributed by atoms with Gasteiger partial charge in [0.05, 0.1) is 34.5 Å². The average molecular weight is 924 g/mol. The fraction of sp³-hybridized carbons (Fsp3) is 0.294. The van der Waals surface area contributed by atoms with Crippen molar-refractivity contribution in [2.75, 3.05) is 19.6 Å². The standard InChI is InChI=1S/C51H50FN7O7S/c52-37-6-2-4-32(18-37)23-58-51(63)66-47-40(54-25-42(47)60)19-29-7-11-33(12-8-29)35-15-16-39-45(21-35)67-49(59-39)46-38(24-56-46)36-5-1-3-31(17-36)22-57-50(62)65-48-41(55-26-43(48)61)20-30-9-13-34(14-10-30)44-27-53-28-64-44/h1-18,21,27-28,38,40-43,46-48,54-56,60-61H,19-20,22-26H2,(H,57,62)(H,58,63)/t38?,40-,41-,42+,43+,46?,47+,48+/m1/s1. The minimum absolute atomic E-state index is 0.0509.